The molecule has 1 unspecified atom stereocenters. The summed E-state index contributed by atoms with van der Waals surface area (Å²) in [6, 6.07) is 7.51. The molecule has 1 aliphatic rings. The van der Waals surface area contributed by atoms with Crippen LogP contribution in [0.25, 0.3) is 0 Å². The van der Waals surface area contributed by atoms with Gasteiger partial charge in [-0.2, -0.15) is 0 Å². The van der Waals surface area contributed by atoms with E-state index in [1.54, 1.807) is 11.8 Å². The van der Waals surface area contributed by atoms with Crippen LogP contribution in [-0.2, 0) is 0 Å². The van der Waals surface area contributed by atoms with Crippen molar-refractivity contribution in [2.24, 2.45) is 0 Å². The minimum atomic E-state index is -0.542. The van der Waals surface area contributed by atoms with E-state index in [4.69, 9.17) is 4.74 Å². The number of aliphatic hydroxyl groups is 1. The molecule has 0 heterocycles. The number of ether oxygens (including phenoxy) is 1. The van der Waals surface area contributed by atoms with Crippen LogP contribution in [0, 0.1) is 0 Å². The van der Waals surface area contributed by atoms with Crippen LogP contribution in [0.15, 0.2) is 24.3 Å². The maximum Gasteiger partial charge on any atom is 0.322 e. The summed E-state index contributed by atoms with van der Waals surface area (Å²) in [6.07, 6.45) is 5.01. The van der Waals surface area contributed by atoms with Crippen LogP contribution >= 0.6 is 0 Å². The fraction of sp³-hybridized carbons (Fsp3) is 0.632. The Morgan fingerprint density at radius 3 is 2.54 bits per heavy atom. The van der Waals surface area contributed by atoms with Crippen LogP contribution in [0.3, 0.4) is 0 Å². The number of rotatable bonds is 6. The van der Waals surface area contributed by atoms with Crippen LogP contribution in [0.5, 0.6) is 5.75 Å². The number of urea groups is 1. The van der Waals surface area contributed by atoms with Gasteiger partial charge in [0, 0.05) is 12.6 Å². The predicted octanol–water partition coefficient (Wildman–Crippen LogP) is 4.02. The summed E-state index contributed by atoms with van der Waals surface area (Å²) in [5.74, 6) is 0.668. The third-order valence-corrected chi connectivity index (χ3v) is 4.23. The molecule has 2 amide bonds. The molecule has 134 valence electrons. The first-order valence-electron chi connectivity index (χ1n) is 8.98. The first-order valence-corrected chi connectivity index (χ1v) is 8.98. The Kier molecular flexibility index (Phi) is 6.91. The number of nitrogens with zero attached hydrogens (tertiary/aromatic N) is 1. The number of nitrogens with one attached hydrogen (secondary N) is 1. The fourth-order valence-electron chi connectivity index (χ4n) is 3.19. The van der Waals surface area contributed by atoms with E-state index in [1.807, 2.05) is 38.1 Å². The predicted molar refractivity (Wildman–Crippen MR) is 96.5 cm³/mol. The molecule has 1 atom stereocenters. The Balaban J connectivity index is 2.12. The van der Waals surface area contributed by atoms with Gasteiger partial charge in [-0.1, -0.05) is 31.4 Å². The molecule has 0 saturated heterocycles. The zero-order valence-electron chi connectivity index (χ0n) is 15.0. The molecule has 0 aromatic heterocycles. The highest BCUT2D eigenvalue weighted by Crippen LogP contribution is 2.27. The average Bonchev–Trinajstić information content (AvgIpc) is 2.54. The minimum Gasteiger partial charge on any atom is -0.489 e. The monoisotopic (exact) mass is 334 g/mol. The molecule has 5 heteroatoms. The van der Waals surface area contributed by atoms with E-state index in [1.165, 1.54) is 6.42 Å². The van der Waals surface area contributed by atoms with Crippen LogP contribution in [0.1, 0.15) is 52.9 Å². The van der Waals surface area contributed by atoms with E-state index in [0.29, 0.717) is 18.0 Å². The number of carbonyl (C=O) groups excluding carboxylic acids is 1. The molecular formula is C19H30N2O3. The lowest BCUT2D eigenvalue weighted by Crippen LogP contribution is -2.47. The maximum atomic E-state index is 12.8. The number of hydrogen-bond donors (Lipinski definition) is 2. The van der Waals surface area contributed by atoms with Crippen molar-refractivity contribution in [3.8, 4) is 5.75 Å². The van der Waals surface area contributed by atoms with E-state index < -0.39 is 6.10 Å². The Morgan fingerprint density at radius 1 is 1.25 bits per heavy atom. The summed E-state index contributed by atoms with van der Waals surface area (Å²) in [7, 11) is 0. The summed E-state index contributed by atoms with van der Waals surface area (Å²) in [4.78, 5) is 14.6. The summed E-state index contributed by atoms with van der Waals surface area (Å²) < 4.78 is 5.77. The van der Waals surface area contributed by atoms with Gasteiger partial charge < -0.3 is 20.1 Å². The van der Waals surface area contributed by atoms with Gasteiger partial charge in [0.05, 0.1) is 17.9 Å². The second-order valence-electron chi connectivity index (χ2n) is 6.89. The van der Waals surface area contributed by atoms with Crippen LogP contribution in [0.4, 0.5) is 10.5 Å². The standard InChI is InChI=1S/C19H30N2O3/c1-14(2)24-18-12-8-7-11-17(18)20-19(23)21(13-15(3)22)16-9-5-4-6-10-16/h7-8,11-12,14-16,22H,4-6,9-10,13H2,1-3H3,(H,20,23). The normalized spacial score (nSPS) is 16.7. The first-order chi connectivity index (χ1) is 11.5. The topological polar surface area (TPSA) is 61.8 Å². The van der Waals surface area contributed by atoms with Gasteiger partial charge in [-0.15, -0.1) is 0 Å². The second kappa shape index (κ2) is 8.92. The minimum absolute atomic E-state index is 0.0370. The van der Waals surface area contributed by atoms with Gasteiger partial charge in [0.1, 0.15) is 5.75 Å². The molecule has 24 heavy (non-hydrogen) atoms. The van der Waals surface area contributed by atoms with Gasteiger partial charge in [-0.25, -0.2) is 4.79 Å². The van der Waals surface area contributed by atoms with Crippen LogP contribution in [-0.4, -0.2) is 40.8 Å². The van der Waals surface area contributed by atoms with E-state index in [-0.39, 0.29) is 18.2 Å². The highest BCUT2D eigenvalue weighted by Gasteiger charge is 2.27. The summed E-state index contributed by atoms with van der Waals surface area (Å²) in [5.41, 5.74) is 0.669. The van der Waals surface area contributed by atoms with Gasteiger partial charge in [-0.3, -0.25) is 0 Å². The fourth-order valence-corrected chi connectivity index (χ4v) is 3.19. The smallest absolute Gasteiger partial charge is 0.322 e. The Hall–Kier alpha value is -1.75. The lowest BCUT2D eigenvalue weighted by molar-refractivity contribution is 0.105. The van der Waals surface area contributed by atoms with E-state index in [2.05, 4.69) is 5.32 Å². The summed E-state index contributed by atoms with van der Waals surface area (Å²) in [5, 5.41) is 12.8. The molecule has 1 aliphatic carbocycles. The quantitative estimate of drug-likeness (QED) is 0.826. The number of para-hydroxylation sites is 2. The third-order valence-electron chi connectivity index (χ3n) is 4.23. The summed E-state index contributed by atoms with van der Waals surface area (Å²) in [6.45, 7) is 5.99. The lowest BCUT2D eigenvalue weighted by atomic mass is 9.94. The molecule has 2 rings (SSSR count). The molecule has 2 N–H and O–H groups in total. The maximum absolute atomic E-state index is 12.8. The van der Waals surface area contributed by atoms with Crippen molar-refractivity contribution in [1.29, 1.82) is 0 Å². The number of benzene rings is 1. The largest absolute Gasteiger partial charge is 0.489 e. The van der Waals surface area contributed by atoms with Crippen molar-refractivity contribution in [2.45, 2.75) is 71.1 Å². The lowest BCUT2D eigenvalue weighted by Gasteiger charge is -2.35. The first kappa shape index (κ1) is 18.6. The van der Waals surface area contributed by atoms with Crippen molar-refractivity contribution in [2.75, 3.05) is 11.9 Å². The zero-order valence-corrected chi connectivity index (χ0v) is 15.0. The molecule has 0 radical (unpaired) electrons. The molecule has 5 nitrogen and oxygen atoms in total. The SMILES string of the molecule is CC(O)CN(C(=O)Nc1ccccc1OC(C)C)C1CCCCC1. The van der Waals surface area contributed by atoms with Gasteiger partial charge >= 0.3 is 6.03 Å². The van der Waals surface area contributed by atoms with Gasteiger partial charge in [0.25, 0.3) is 0 Å². The molecule has 1 saturated carbocycles. The van der Waals surface area contributed by atoms with Crippen molar-refractivity contribution in [1.82, 2.24) is 4.90 Å². The average molecular weight is 334 g/mol. The molecule has 0 aliphatic heterocycles. The molecular weight excluding hydrogens is 304 g/mol. The number of amides is 2. The number of hydrogen-bond acceptors (Lipinski definition) is 3. The van der Waals surface area contributed by atoms with E-state index >= 15 is 0 Å². The highest BCUT2D eigenvalue weighted by atomic mass is 16.5. The van der Waals surface area contributed by atoms with Crippen molar-refractivity contribution in [3.63, 3.8) is 0 Å². The van der Waals surface area contributed by atoms with Gasteiger partial charge in [-0.05, 0) is 45.7 Å². The van der Waals surface area contributed by atoms with Crippen LogP contribution in [0.2, 0.25) is 0 Å². The van der Waals surface area contributed by atoms with E-state index in [9.17, 15) is 9.90 Å². The molecule has 1 fully saturated rings. The Labute approximate surface area is 145 Å². The number of aliphatic hydroxyl groups excluding tert-OH is 1. The summed E-state index contributed by atoms with van der Waals surface area (Å²) >= 11 is 0. The van der Waals surface area contributed by atoms with Crippen molar-refractivity contribution in [3.05, 3.63) is 24.3 Å². The molecule has 1 aromatic carbocycles. The molecule has 0 spiro atoms. The van der Waals surface area contributed by atoms with Gasteiger partial charge in [0.2, 0.25) is 0 Å². The van der Waals surface area contributed by atoms with Crippen molar-refractivity contribution < 1.29 is 14.6 Å². The number of anilines is 1. The molecule has 1 aromatic rings. The van der Waals surface area contributed by atoms with Gasteiger partial charge in [0.15, 0.2) is 0 Å². The van der Waals surface area contributed by atoms with Crippen molar-refractivity contribution >= 4 is 11.7 Å². The van der Waals surface area contributed by atoms with Crippen LogP contribution < -0.4 is 10.1 Å². The zero-order chi connectivity index (χ0) is 17.5. The third kappa shape index (κ3) is 5.41. The van der Waals surface area contributed by atoms with E-state index in [0.717, 1.165) is 25.7 Å². The Bertz CT molecular complexity index is 525. The second-order valence-corrected chi connectivity index (χ2v) is 6.89. The number of carbonyl (C=O) groups is 1. The molecule has 0 bridgehead atoms. The highest BCUT2D eigenvalue weighted by molar-refractivity contribution is 5.91. The Morgan fingerprint density at radius 2 is 1.92 bits per heavy atom.